The first-order valence-corrected chi connectivity index (χ1v) is 10.6. The van der Waals surface area contributed by atoms with Crippen molar-refractivity contribution < 1.29 is 18.7 Å². The van der Waals surface area contributed by atoms with Crippen molar-refractivity contribution in [1.29, 1.82) is 0 Å². The molecule has 0 unspecified atom stereocenters. The number of hydrogen-bond donors (Lipinski definition) is 1. The third-order valence-electron chi connectivity index (χ3n) is 4.88. The highest BCUT2D eigenvalue weighted by atomic mass is 19.1. The number of nitrogens with zero attached hydrogens (tertiary/aromatic N) is 4. The molecule has 5 rings (SSSR count). The van der Waals surface area contributed by atoms with E-state index in [4.69, 9.17) is 9.47 Å². The molecule has 0 aliphatic rings. The van der Waals surface area contributed by atoms with Crippen LogP contribution in [0.3, 0.4) is 0 Å². The molecule has 2 heterocycles. The summed E-state index contributed by atoms with van der Waals surface area (Å²) in [7, 11) is 0. The summed E-state index contributed by atoms with van der Waals surface area (Å²) in [6.45, 7) is 0. The van der Waals surface area contributed by atoms with E-state index in [2.05, 4.69) is 20.5 Å². The Morgan fingerprint density at radius 3 is 2.31 bits per heavy atom. The van der Waals surface area contributed by atoms with E-state index in [1.165, 1.54) is 24.3 Å². The molecule has 0 bridgehead atoms. The predicted molar refractivity (Wildman–Crippen MR) is 127 cm³/mol. The van der Waals surface area contributed by atoms with E-state index in [-0.39, 0.29) is 11.7 Å². The third-order valence-corrected chi connectivity index (χ3v) is 4.88. The van der Waals surface area contributed by atoms with Gasteiger partial charge in [-0.1, -0.05) is 6.07 Å². The zero-order chi connectivity index (χ0) is 24.0. The minimum atomic E-state index is -0.349. The van der Waals surface area contributed by atoms with Gasteiger partial charge in [0.1, 0.15) is 29.4 Å². The van der Waals surface area contributed by atoms with Crippen molar-refractivity contribution >= 4 is 11.6 Å². The van der Waals surface area contributed by atoms with Crippen LogP contribution in [0.4, 0.5) is 10.1 Å². The lowest BCUT2D eigenvalue weighted by atomic mass is 10.2. The number of amides is 1. The fraction of sp³-hybridized carbons (Fsp3) is 0. The Labute approximate surface area is 199 Å². The lowest BCUT2D eigenvalue weighted by Gasteiger charge is -2.09. The van der Waals surface area contributed by atoms with Crippen molar-refractivity contribution in [3.05, 3.63) is 115 Å². The van der Waals surface area contributed by atoms with E-state index in [9.17, 15) is 9.18 Å². The summed E-state index contributed by atoms with van der Waals surface area (Å²) >= 11 is 0. The minimum absolute atomic E-state index is 0.302. The summed E-state index contributed by atoms with van der Waals surface area (Å²) in [5, 5.41) is 11.0. The van der Waals surface area contributed by atoms with Gasteiger partial charge in [0.2, 0.25) is 5.88 Å². The number of benzene rings is 3. The molecule has 0 saturated carbocycles. The molecule has 0 fully saturated rings. The maximum absolute atomic E-state index is 13.1. The summed E-state index contributed by atoms with van der Waals surface area (Å²) in [5.41, 5.74) is 1.01. The van der Waals surface area contributed by atoms with Crippen LogP contribution in [-0.2, 0) is 0 Å². The fourth-order valence-corrected chi connectivity index (χ4v) is 3.17. The Hall–Kier alpha value is -5.05. The highest BCUT2D eigenvalue weighted by Gasteiger charge is 2.09. The number of hydrogen-bond acceptors (Lipinski definition) is 6. The summed E-state index contributed by atoms with van der Waals surface area (Å²) in [5.74, 6) is 1.79. The Morgan fingerprint density at radius 2 is 1.60 bits per heavy atom. The van der Waals surface area contributed by atoms with Gasteiger partial charge in [0.15, 0.2) is 5.82 Å². The third kappa shape index (κ3) is 5.48. The molecule has 3 aromatic carbocycles. The summed E-state index contributed by atoms with van der Waals surface area (Å²) in [6, 6.07) is 22.7. The van der Waals surface area contributed by atoms with Gasteiger partial charge in [0, 0.05) is 29.7 Å². The van der Waals surface area contributed by atoms with E-state index in [0.29, 0.717) is 40.2 Å². The Bertz CT molecular complexity index is 1420. The van der Waals surface area contributed by atoms with Gasteiger partial charge < -0.3 is 14.8 Å². The van der Waals surface area contributed by atoms with Crippen molar-refractivity contribution in [3.63, 3.8) is 0 Å². The van der Waals surface area contributed by atoms with Gasteiger partial charge in [-0.2, -0.15) is 0 Å². The number of anilines is 1. The van der Waals surface area contributed by atoms with Crippen LogP contribution in [0.15, 0.2) is 104 Å². The van der Waals surface area contributed by atoms with Crippen molar-refractivity contribution in [1.82, 2.24) is 19.7 Å². The molecule has 0 spiro atoms. The second kappa shape index (κ2) is 9.84. The van der Waals surface area contributed by atoms with Crippen LogP contribution in [0, 0.1) is 5.82 Å². The zero-order valence-electron chi connectivity index (χ0n) is 18.2. The second-order valence-corrected chi connectivity index (χ2v) is 7.36. The largest absolute Gasteiger partial charge is 0.457 e. The lowest BCUT2D eigenvalue weighted by Crippen LogP contribution is -2.11. The number of imidazole rings is 1. The van der Waals surface area contributed by atoms with Gasteiger partial charge in [0.25, 0.3) is 5.91 Å². The van der Waals surface area contributed by atoms with E-state index < -0.39 is 0 Å². The number of ether oxygens (including phenoxy) is 2. The van der Waals surface area contributed by atoms with Crippen molar-refractivity contribution in [3.8, 4) is 28.9 Å². The quantitative estimate of drug-likeness (QED) is 0.333. The predicted octanol–water partition coefficient (Wildman–Crippen LogP) is 5.64. The maximum Gasteiger partial charge on any atom is 0.255 e. The Kier molecular flexibility index (Phi) is 6.12. The van der Waals surface area contributed by atoms with Crippen LogP contribution in [-0.4, -0.2) is 25.7 Å². The molecule has 1 amide bonds. The monoisotopic (exact) mass is 467 g/mol. The number of halogens is 1. The molecule has 0 radical (unpaired) electrons. The molecule has 5 aromatic rings. The molecule has 0 aliphatic heterocycles. The van der Waals surface area contributed by atoms with Crippen molar-refractivity contribution in [2.24, 2.45) is 0 Å². The smallest absolute Gasteiger partial charge is 0.255 e. The topological polar surface area (TPSA) is 91.2 Å². The van der Waals surface area contributed by atoms with Crippen LogP contribution in [0.1, 0.15) is 10.4 Å². The highest BCUT2D eigenvalue weighted by molar-refractivity contribution is 6.04. The first kappa shape index (κ1) is 21.8. The van der Waals surface area contributed by atoms with Crippen molar-refractivity contribution in [2.75, 3.05) is 5.32 Å². The number of carbonyl (C=O) groups excluding carboxylic acids is 1. The van der Waals surface area contributed by atoms with Gasteiger partial charge in [0.05, 0.1) is 0 Å². The first-order valence-electron chi connectivity index (χ1n) is 10.6. The minimum Gasteiger partial charge on any atom is -0.457 e. The lowest BCUT2D eigenvalue weighted by molar-refractivity contribution is 0.102. The Balaban J connectivity index is 1.20. The molecule has 9 heteroatoms. The van der Waals surface area contributed by atoms with Crippen LogP contribution < -0.4 is 14.8 Å². The summed E-state index contributed by atoms with van der Waals surface area (Å²) < 4.78 is 26.2. The Morgan fingerprint density at radius 1 is 0.829 bits per heavy atom. The molecule has 35 heavy (non-hydrogen) atoms. The average molecular weight is 467 g/mol. The average Bonchev–Trinajstić information content (AvgIpc) is 3.42. The molecular weight excluding hydrogens is 449 g/mol. The first-order chi connectivity index (χ1) is 17.1. The van der Waals surface area contributed by atoms with Gasteiger partial charge in [-0.05, 0) is 72.8 Å². The number of nitrogens with one attached hydrogen (secondary N) is 1. The van der Waals surface area contributed by atoms with Crippen molar-refractivity contribution in [2.45, 2.75) is 0 Å². The van der Waals surface area contributed by atoms with E-state index in [1.807, 2.05) is 0 Å². The summed E-state index contributed by atoms with van der Waals surface area (Å²) in [4.78, 5) is 16.7. The van der Waals surface area contributed by atoms with Gasteiger partial charge in [-0.15, -0.1) is 10.2 Å². The van der Waals surface area contributed by atoms with Gasteiger partial charge in [-0.25, -0.2) is 9.37 Å². The fourth-order valence-electron chi connectivity index (χ4n) is 3.17. The van der Waals surface area contributed by atoms with Crippen LogP contribution >= 0.6 is 0 Å². The molecule has 2 aromatic heterocycles. The molecule has 0 atom stereocenters. The maximum atomic E-state index is 13.1. The standard InChI is InChI=1S/C26H18FN5O3/c27-19-4-8-21(9-5-19)34-23-3-1-2-18(16-23)26(33)29-20-6-10-22(11-7-20)35-25-13-12-24(30-31-25)32-15-14-28-17-32/h1-17H,(H,29,33). The van der Waals surface area contributed by atoms with E-state index in [1.54, 1.807) is 84.0 Å². The second-order valence-electron chi connectivity index (χ2n) is 7.36. The molecule has 8 nitrogen and oxygen atoms in total. The van der Waals surface area contributed by atoms with Gasteiger partial charge >= 0.3 is 0 Å². The molecule has 172 valence electrons. The molecular formula is C26H18FN5O3. The number of carbonyl (C=O) groups is 1. The molecule has 1 N–H and O–H groups in total. The SMILES string of the molecule is O=C(Nc1ccc(Oc2ccc(-n3ccnc3)nn2)cc1)c1cccc(Oc2ccc(F)cc2)c1. The van der Waals surface area contributed by atoms with Crippen LogP contribution in [0.2, 0.25) is 0 Å². The zero-order valence-corrected chi connectivity index (χ0v) is 18.2. The highest BCUT2D eigenvalue weighted by Crippen LogP contribution is 2.24. The van der Waals surface area contributed by atoms with Gasteiger partial charge in [-0.3, -0.25) is 9.36 Å². The van der Waals surface area contributed by atoms with Crippen LogP contribution in [0.25, 0.3) is 5.82 Å². The normalized spacial score (nSPS) is 10.5. The number of aromatic nitrogens is 4. The number of rotatable bonds is 7. The summed E-state index contributed by atoms with van der Waals surface area (Å²) in [6.07, 6.45) is 5.06. The van der Waals surface area contributed by atoms with Crippen LogP contribution in [0.5, 0.6) is 23.1 Å². The molecule has 0 saturated heterocycles. The van der Waals surface area contributed by atoms with E-state index in [0.717, 1.165) is 0 Å². The van der Waals surface area contributed by atoms with E-state index >= 15 is 0 Å². The molecule has 0 aliphatic carbocycles.